The minimum atomic E-state index is 0.840. The van der Waals surface area contributed by atoms with Gasteiger partial charge in [0.15, 0.2) is 0 Å². The second-order valence-corrected chi connectivity index (χ2v) is 4.59. The molecule has 0 saturated heterocycles. The molecule has 0 aromatic heterocycles. The maximum absolute atomic E-state index is 3.57. The van der Waals surface area contributed by atoms with Gasteiger partial charge in [0.1, 0.15) is 0 Å². The smallest absolute Gasteiger partial charge is 0.0244 e. The van der Waals surface area contributed by atoms with Crippen LogP contribution in [0.3, 0.4) is 0 Å². The summed E-state index contributed by atoms with van der Waals surface area (Å²) in [6.07, 6.45) is 2.75. The van der Waals surface area contributed by atoms with E-state index in [1.807, 2.05) is 0 Å². The quantitative estimate of drug-likeness (QED) is 0.784. The number of halogens is 1. The monoisotopic (exact) mass is 239 g/mol. The fourth-order valence-electron chi connectivity index (χ4n) is 1.54. The number of hydrogen-bond acceptors (Lipinski definition) is 1. The molecule has 1 nitrogen and oxygen atoms in total. The first-order valence-corrected chi connectivity index (χ1v) is 5.50. The van der Waals surface area contributed by atoms with Crippen LogP contribution in [0.4, 0.5) is 0 Å². The van der Waals surface area contributed by atoms with Crippen molar-refractivity contribution >= 4 is 15.9 Å². The number of benzene rings is 1. The predicted octanol–water partition coefficient (Wildman–Crippen LogP) is 3.04. The molecule has 0 atom stereocenters. The lowest BCUT2D eigenvalue weighted by Crippen LogP contribution is -2.20. The molecule has 0 heterocycles. The highest BCUT2D eigenvalue weighted by Gasteiger charge is 2.25. The van der Waals surface area contributed by atoms with Gasteiger partial charge in [-0.25, -0.2) is 0 Å². The van der Waals surface area contributed by atoms with Gasteiger partial charge in [-0.2, -0.15) is 0 Å². The van der Waals surface area contributed by atoms with Crippen molar-refractivity contribution < 1.29 is 0 Å². The fraction of sp³-hybridized carbons (Fsp3) is 0.455. The van der Waals surface area contributed by atoms with Gasteiger partial charge in [0.25, 0.3) is 0 Å². The Kier molecular flexibility index (Phi) is 2.70. The van der Waals surface area contributed by atoms with Crippen molar-refractivity contribution in [1.82, 2.24) is 4.90 Å². The zero-order chi connectivity index (χ0) is 9.26. The first-order valence-electron chi connectivity index (χ1n) is 4.71. The molecule has 2 rings (SSSR count). The van der Waals surface area contributed by atoms with E-state index >= 15 is 0 Å². The molecular weight excluding hydrogens is 226 g/mol. The van der Waals surface area contributed by atoms with E-state index in [4.69, 9.17) is 0 Å². The summed E-state index contributed by atoms with van der Waals surface area (Å²) in [5.74, 6) is 0. The van der Waals surface area contributed by atoms with Crippen LogP contribution in [0.25, 0.3) is 0 Å². The summed E-state index contributed by atoms with van der Waals surface area (Å²) in [5, 5.41) is 0. The van der Waals surface area contributed by atoms with Crippen LogP contribution in [0.5, 0.6) is 0 Å². The second kappa shape index (κ2) is 3.81. The zero-order valence-electron chi connectivity index (χ0n) is 7.83. The van der Waals surface area contributed by atoms with Gasteiger partial charge < -0.3 is 0 Å². The summed E-state index contributed by atoms with van der Waals surface area (Å²) in [6, 6.07) is 9.29. The van der Waals surface area contributed by atoms with Crippen molar-refractivity contribution in [2.75, 3.05) is 7.05 Å². The van der Waals surface area contributed by atoms with Crippen LogP contribution in [-0.4, -0.2) is 18.0 Å². The van der Waals surface area contributed by atoms with Crippen LogP contribution in [-0.2, 0) is 6.54 Å². The number of rotatable bonds is 3. The van der Waals surface area contributed by atoms with E-state index in [-0.39, 0.29) is 0 Å². The van der Waals surface area contributed by atoms with Gasteiger partial charge in [-0.3, -0.25) is 4.90 Å². The Morgan fingerprint density at radius 1 is 1.38 bits per heavy atom. The Bertz CT molecular complexity index is 294. The fourth-order valence-corrected chi connectivity index (χ4v) is 1.95. The van der Waals surface area contributed by atoms with Crippen molar-refractivity contribution in [3.63, 3.8) is 0 Å². The summed E-state index contributed by atoms with van der Waals surface area (Å²) < 4.78 is 1.22. The molecule has 2 heteroatoms. The maximum Gasteiger partial charge on any atom is 0.0244 e. The van der Waals surface area contributed by atoms with Gasteiger partial charge in [-0.15, -0.1) is 0 Å². The molecule has 1 aliphatic rings. The second-order valence-electron chi connectivity index (χ2n) is 3.74. The topological polar surface area (TPSA) is 3.24 Å². The van der Waals surface area contributed by atoms with Crippen LogP contribution < -0.4 is 0 Å². The van der Waals surface area contributed by atoms with Gasteiger partial charge in [0, 0.05) is 17.1 Å². The van der Waals surface area contributed by atoms with Gasteiger partial charge in [0.2, 0.25) is 0 Å². The van der Waals surface area contributed by atoms with Crippen molar-refractivity contribution in [2.45, 2.75) is 25.4 Å². The standard InChI is InChI=1S/C11H14BrN/c1-13(10-6-7-10)8-9-4-2-3-5-11(9)12/h2-5,10H,6-8H2,1H3. The molecule has 1 fully saturated rings. The molecule has 0 amide bonds. The van der Waals surface area contributed by atoms with Gasteiger partial charge >= 0.3 is 0 Å². The van der Waals surface area contributed by atoms with Crippen LogP contribution in [0, 0.1) is 0 Å². The summed E-state index contributed by atoms with van der Waals surface area (Å²) >= 11 is 3.57. The third-order valence-corrected chi connectivity index (χ3v) is 3.32. The third kappa shape index (κ3) is 2.32. The lowest BCUT2D eigenvalue weighted by molar-refractivity contribution is 0.316. The Morgan fingerprint density at radius 2 is 2.08 bits per heavy atom. The Hall–Kier alpha value is -0.340. The normalized spacial score (nSPS) is 16.5. The van der Waals surface area contributed by atoms with E-state index in [0.29, 0.717) is 0 Å². The molecule has 1 aromatic carbocycles. The summed E-state index contributed by atoms with van der Waals surface area (Å²) in [7, 11) is 2.21. The highest BCUT2D eigenvalue weighted by atomic mass is 79.9. The lowest BCUT2D eigenvalue weighted by atomic mass is 10.2. The molecule has 0 radical (unpaired) electrons. The molecule has 13 heavy (non-hydrogen) atoms. The molecule has 1 aromatic rings. The number of nitrogens with zero attached hydrogens (tertiary/aromatic N) is 1. The first-order chi connectivity index (χ1) is 6.27. The van der Waals surface area contributed by atoms with E-state index in [9.17, 15) is 0 Å². The SMILES string of the molecule is CN(Cc1ccccc1Br)C1CC1. The largest absolute Gasteiger partial charge is 0.299 e. The molecule has 0 aliphatic heterocycles. The van der Waals surface area contributed by atoms with E-state index in [2.05, 4.69) is 52.1 Å². The van der Waals surface area contributed by atoms with Gasteiger partial charge in [-0.1, -0.05) is 34.1 Å². The minimum absolute atomic E-state index is 0.840. The van der Waals surface area contributed by atoms with Crippen molar-refractivity contribution in [1.29, 1.82) is 0 Å². The summed E-state index contributed by atoms with van der Waals surface area (Å²) in [6.45, 7) is 1.06. The Morgan fingerprint density at radius 3 is 2.69 bits per heavy atom. The van der Waals surface area contributed by atoms with Crippen LogP contribution in [0.15, 0.2) is 28.7 Å². The number of hydrogen-bond donors (Lipinski definition) is 0. The third-order valence-electron chi connectivity index (χ3n) is 2.55. The Balaban J connectivity index is 2.03. The van der Waals surface area contributed by atoms with Crippen LogP contribution in [0.1, 0.15) is 18.4 Å². The van der Waals surface area contributed by atoms with E-state index < -0.39 is 0 Å². The van der Waals surface area contributed by atoms with E-state index in [1.54, 1.807) is 0 Å². The van der Waals surface area contributed by atoms with Gasteiger partial charge in [-0.05, 0) is 31.5 Å². The van der Waals surface area contributed by atoms with Crippen LogP contribution >= 0.6 is 15.9 Å². The van der Waals surface area contributed by atoms with E-state index in [1.165, 1.54) is 22.9 Å². The van der Waals surface area contributed by atoms with Crippen molar-refractivity contribution in [3.8, 4) is 0 Å². The predicted molar refractivity (Wildman–Crippen MR) is 58.6 cm³/mol. The van der Waals surface area contributed by atoms with Gasteiger partial charge in [0.05, 0.1) is 0 Å². The molecule has 0 spiro atoms. The molecule has 0 unspecified atom stereocenters. The molecular formula is C11H14BrN. The molecule has 0 bridgehead atoms. The maximum atomic E-state index is 3.57. The highest BCUT2D eigenvalue weighted by molar-refractivity contribution is 9.10. The molecule has 1 aliphatic carbocycles. The van der Waals surface area contributed by atoms with E-state index in [0.717, 1.165) is 12.6 Å². The average Bonchev–Trinajstić information content (AvgIpc) is 2.91. The summed E-state index contributed by atoms with van der Waals surface area (Å²) in [4.78, 5) is 2.43. The highest BCUT2D eigenvalue weighted by Crippen LogP contribution is 2.28. The van der Waals surface area contributed by atoms with Crippen molar-refractivity contribution in [2.24, 2.45) is 0 Å². The molecule has 1 saturated carbocycles. The molecule has 0 N–H and O–H groups in total. The zero-order valence-corrected chi connectivity index (χ0v) is 9.42. The lowest BCUT2D eigenvalue weighted by Gasteiger charge is -2.16. The van der Waals surface area contributed by atoms with Crippen molar-refractivity contribution in [3.05, 3.63) is 34.3 Å². The summed E-state index contributed by atoms with van der Waals surface area (Å²) in [5.41, 5.74) is 1.39. The molecule has 70 valence electrons. The Labute approximate surface area is 87.9 Å². The minimum Gasteiger partial charge on any atom is -0.299 e. The average molecular weight is 240 g/mol. The first kappa shape index (κ1) is 9.22. The van der Waals surface area contributed by atoms with Crippen LogP contribution in [0.2, 0.25) is 0 Å².